The zero-order valence-corrected chi connectivity index (χ0v) is 20.8. The number of piperidine rings is 1. The van der Waals surface area contributed by atoms with E-state index in [1.807, 2.05) is 0 Å². The lowest BCUT2D eigenvalue weighted by atomic mass is 10.1. The molecule has 0 saturated carbocycles. The second kappa shape index (κ2) is 14.5. The van der Waals surface area contributed by atoms with E-state index in [1.54, 1.807) is 43.0 Å². The maximum atomic E-state index is 13.0. The lowest BCUT2D eigenvalue weighted by Crippen LogP contribution is -2.47. The van der Waals surface area contributed by atoms with Crippen LogP contribution < -0.4 is 5.73 Å². The average molecular weight is 499 g/mol. The number of ether oxygens (including phenoxy) is 3. The highest BCUT2D eigenvalue weighted by atomic mass is 35.5. The van der Waals surface area contributed by atoms with Crippen LogP contribution in [-0.2, 0) is 23.8 Å². The number of amides is 2. The number of nitrogens with zero attached hydrogens (tertiary/aromatic N) is 2. The fraction of sp³-hybridized carbons (Fsp3) is 0.565. The van der Waals surface area contributed by atoms with Crippen molar-refractivity contribution in [3.63, 3.8) is 0 Å². The number of rotatable bonds is 11. The fourth-order valence-electron chi connectivity index (χ4n) is 3.45. The number of halogens is 1. The van der Waals surface area contributed by atoms with Crippen molar-refractivity contribution in [1.29, 1.82) is 5.41 Å². The molecule has 0 aromatic heterocycles. The molecule has 10 nitrogen and oxygen atoms in total. The number of nitrogens with two attached hydrogens (primary N) is 1. The summed E-state index contributed by atoms with van der Waals surface area (Å²) in [5.41, 5.74) is 6.39. The molecule has 11 heteroatoms. The first-order chi connectivity index (χ1) is 15.7. The smallest absolute Gasteiger partial charge is 0.332 e. The highest BCUT2D eigenvalue weighted by Crippen LogP contribution is 2.15. The van der Waals surface area contributed by atoms with Crippen LogP contribution in [-0.4, -0.2) is 92.1 Å². The number of hydrogen-bond acceptors (Lipinski definition) is 7. The van der Waals surface area contributed by atoms with Crippen molar-refractivity contribution in [2.45, 2.75) is 38.9 Å². The van der Waals surface area contributed by atoms with Crippen molar-refractivity contribution in [1.82, 2.24) is 9.80 Å². The zero-order valence-electron chi connectivity index (χ0n) is 20.0. The number of esters is 1. The summed E-state index contributed by atoms with van der Waals surface area (Å²) in [6.45, 7) is 4.94. The SMILES string of the molecule is COCCN(CC(=O)N1CCC(OCC(=O)OC(C)C)CC1)C(=O)c1ccc(C(=N)N)cc1.Cl. The molecule has 1 fully saturated rings. The predicted octanol–water partition coefficient (Wildman–Crippen LogP) is 1.44. The van der Waals surface area contributed by atoms with E-state index in [9.17, 15) is 14.4 Å². The van der Waals surface area contributed by atoms with Crippen molar-refractivity contribution < 1.29 is 28.6 Å². The summed E-state index contributed by atoms with van der Waals surface area (Å²) in [5.74, 6) is -0.924. The van der Waals surface area contributed by atoms with Gasteiger partial charge in [0.15, 0.2) is 0 Å². The van der Waals surface area contributed by atoms with E-state index in [0.717, 1.165) is 0 Å². The third-order valence-electron chi connectivity index (χ3n) is 5.22. The van der Waals surface area contributed by atoms with Crippen molar-refractivity contribution in [2.75, 3.05) is 46.5 Å². The molecular weight excluding hydrogens is 464 g/mol. The normalized spacial score (nSPS) is 13.8. The van der Waals surface area contributed by atoms with Crippen LogP contribution >= 0.6 is 12.4 Å². The van der Waals surface area contributed by atoms with Gasteiger partial charge in [-0.2, -0.15) is 0 Å². The lowest BCUT2D eigenvalue weighted by molar-refractivity contribution is -0.156. The Morgan fingerprint density at radius 3 is 2.26 bits per heavy atom. The molecular formula is C23H35ClN4O6. The van der Waals surface area contributed by atoms with Gasteiger partial charge in [-0.1, -0.05) is 12.1 Å². The number of carbonyl (C=O) groups is 3. The van der Waals surface area contributed by atoms with E-state index < -0.39 is 5.97 Å². The molecule has 0 aliphatic carbocycles. The Labute approximate surface area is 206 Å². The lowest BCUT2D eigenvalue weighted by Gasteiger charge is -2.33. The summed E-state index contributed by atoms with van der Waals surface area (Å²) in [6.07, 6.45) is 0.925. The molecule has 34 heavy (non-hydrogen) atoms. The van der Waals surface area contributed by atoms with Gasteiger partial charge in [0.05, 0.1) is 18.8 Å². The van der Waals surface area contributed by atoms with Gasteiger partial charge in [-0.3, -0.25) is 15.0 Å². The number of likely N-dealkylation sites (tertiary alicyclic amines) is 1. The number of hydrogen-bond donors (Lipinski definition) is 2. The molecule has 190 valence electrons. The number of nitrogens with one attached hydrogen (secondary N) is 1. The first-order valence-corrected chi connectivity index (χ1v) is 11.0. The molecule has 0 unspecified atom stereocenters. The Morgan fingerprint density at radius 1 is 1.15 bits per heavy atom. The molecule has 0 atom stereocenters. The van der Waals surface area contributed by atoms with E-state index >= 15 is 0 Å². The van der Waals surface area contributed by atoms with E-state index in [-0.39, 0.29) is 62.0 Å². The first-order valence-electron chi connectivity index (χ1n) is 11.0. The second-order valence-electron chi connectivity index (χ2n) is 8.14. The van der Waals surface area contributed by atoms with E-state index in [1.165, 1.54) is 12.0 Å². The van der Waals surface area contributed by atoms with Crippen molar-refractivity contribution in [3.8, 4) is 0 Å². The Hall–Kier alpha value is -2.69. The minimum Gasteiger partial charge on any atom is -0.461 e. The summed E-state index contributed by atoms with van der Waals surface area (Å²) in [5, 5.41) is 7.47. The molecule has 1 saturated heterocycles. The Bertz CT molecular complexity index is 825. The number of methoxy groups -OCH3 is 1. The summed E-state index contributed by atoms with van der Waals surface area (Å²) >= 11 is 0. The third kappa shape index (κ3) is 9.28. The monoisotopic (exact) mass is 498 g/mol. The molecule has 1 aromatic carbocycles. The highest BCUT2D eigenvalue weighted by molar-refractivity contribution is 5.99. The molecule has 0 radical (unpaired) electrons. The Morgan fingerprint density at radius 2 is 1.74 bits per heavy atom. The Balaban J connectivity index is 0.00000578. The number of carbonyl (C=O) groups excluding carboxylic acids is 3. The predicted molar refractivity (Wildman–Crippen MR) is 129 cm³/mol. The zero-order chi connectivity index (χ0) is 24.4. The summed E-state index contributed by atoms with van der Waals surface area (Å²) in [7, 11) is 1.54. The van der Waals surface area contributed by atoms with Gasteiger partial charge in [-0.05, 0) is 38.8 Å². The highest BCUT2D eigenvalue weighted by Gasteiger charge is 2.27. The van der Waals surface area contributed by atoms with Crippen LogP contribution in [0.15, 0.2) is 24.3 Å². The Kier molecular flexibility index (Phi) is 12.6. The molecule has 2 amide bonds. The molecule has 3 N–H and O–H groups in total. The molecule has 2 rings (SSSR count). The fourth-order valence-corrected chi connectivity index (χ4v) is 3.45. The van der Waals surface area contributed by atoms with Gasteiger partial charge in [-0.25, -0.2) is 4.79 Å². The first kappa shape index (κ1) is 29.3. The van der Waals surface area contributed by atoms with E-state index in [0.29, 0.717) is 43.7 Å². The minimum atomic E-state index is -0.396. The van der Waals surface area contributed by atoms with Gasteiger partial charge < -0.3 is 29.7 Å². The quantitative estimate of drug-likeness (QED) is 0.267. The number of benzene rings is 1. The average Bonchev–Trinajstić information content (AvgIpc) is 2.79. The van der Waals surface area contributed by atoms with Gasteiger partial charge in [0.25, 0.3) is 5.91 Å². The standard InChI is InChI=1S/C23H34N4O6.ClH/c1-16(2)33-21(29)15-32-19-8-10-26(11-9-19)20(28)14-27(12-13-31-3)23(30)18-6-4-17(5-7-18)22(24)25;/h4-7,16,19H,8-15H2,1-3H3,(H3,24,25);1H. The maximum Gasteiger partial charge on any atom is 0.332 e. The third-order valence-corrected chi connectivity index (χ3v) is 5.22. The van der Waals surface area contributed by atoms with Crippen LogP contribution in [0.2, 0.25) is 0 Å². The van der Waals surface area contributed by atoms with Crippen LogP contribution in [0, 0.1) is 5.41 Å². The molecule has 1 aliphatic heterocycles. The van der Waals surface area contributed by atoms with Crippen LogP contribution in [0.25, 0.3) is 0 Å². The topological polar surface area (TPSA) is 135 Å². The van der Waals surface area contributed by atoms with Gasteiger partial charge >= 0.3 is 5.97 Å². The summed E-state index contributed by atoms with van der Waals surface area (Å²) < 4.78 is 15.8. The second-order valence-corrected chi connectivity index (χ2v) is 8.14. The summed E-state index contributed by atoms with van der Waals surface area (Å²) in [6, 6.07) is 6.40. The number of nitrogen functional groups attached to an aromatic ring is 1. The van der Waals surface area contributed by atoms with Crippen LogP contribution in [0.1, 0.15) is 42.6 Å². The van der Waals surface area contributed by atoms with Crippen molar-refractivity contribution in [2.24, 2.45) is 5.73 Å². The van der Waals surface area contributed by atoms with Gasteiger partial charge in [0.1, 0.15) is 19.0 Å². The maximum absolute atomic E-state index is 13.0. The summed E-state index contributed by atoms with van der Waals surface area (Å²) in [4.78, 5) is 40.7. The molecule has 1 heterocycles. The molecule has 0 bridgehead atoms. The van der Waals surface area contributed by atoms with Crippen LogP contribution in [0.4, 0.5) is 0 Å². The minimum absolute atomic E-state index is 0. The van der Waals surface area contributed by atoms with Crippen LogP contribution in [0.3, 0.4) is 0 Å². The van der Waals surface area contributed by atoms with Gasteiger partial charge in [-0.15, -0.1) is 12.4 Å². The van der Waals surface area contributed by atoms with Gasteiger partial charge in [0, 0.05) is 37.9 Å². The number of amidine groups is 1. The molecule has 1 aliphatic rings. The van der Waals surface area contributed by atoms with E-state index in [2.05, 4.69) is 0 Å². The van der Waals surface area contributed by atoms with E-state index in [4.69, 9.17) is 25.4 Å². The van der Waals surface area contributed by atoms with Crippen molar-refractivity contribution >= 4 is 36.0 Å². The molecule has 1 aromatic rings. The van der Waals surface area contributed by atoms with Gasteiger partial charge in [0.2, 0.25) is 5.91 Å². The largest absolute Gasteiger partial charge is 0.461 e. The van der Waals surface area contributed by atoms with Crippen LogP contribution in [0.5, 0.6) is 0 Å². The van der Waals surface area contributed by atoms with Crippen molar-refractivity contribution in [3.05, 3.63) is 35.4 Å². The molecule has 0 spiro atoms.